The molecule has 0 bridgehead atoms. The van der Waals surface area contributed by atoms with Gasteiger partial charge in [0.05, 0.1) is 6.54 Å². The zero-order valence-corrected chi connectivity index (χ0v) is 16.2. The second-order valence-electron chi connectivity index (χ2n) is 6.72. The lowest BCUT2D eigenvalue weighted by Crippen LogP contribution is -2.34. The molecule has 0 aliphatic carbocycles. The van der Waals surface area contributed by atoms with Crippen LogP contribution in [0.3, 0.4) is 0 Å². The van der Waals surface area contributed by atoms with Crippen LogP contribution in [0.5, 0.6) is 5.75 Å². The molecule has 4 nitrogen and oxygen atoms in total. The van der Waals surface area contributed by atoms with Crippen molar-refractivity contribution in [2.45, 2.75) is 13.0 Å². The largest absolute Gasteiger partial charge is 0.489 e. The number of ether oxygens (including phenoxy) is 1. The quantitative estimate of drug-likeness (QED) is 0.647. The lowest BCUT2D eigenvalue weighted by atomic mass is 10.2. The predicted molar refractivity (Wildman–Crippen MR) is 113 cm³/mol. The van der Waals surface area contributed by atoms with E-state index in [1.165, 1.54) is 5.56 Å². The Morgan fingerprint density at radius 3 is 2.54 bits per heavy atom. The van der Waals surface area contributed by atoms with Gasteiger partial charge in [-0.1, -0.05) is 41.9 Å². The van der Waals surface area contributed by atoms with Gasteiger partial charge in [-0.05, 0) is 60.0 Å². The van der Waals surface area contributed by atoms with Crippen LogP contribution < -0.4 is 15.0 Å². The standard InChI is InChI=1S/C23H21ClN2O2/c24-19-7-5-17(6-8-19)16-28-21-11-9-20(10-12-21)25-15-23(27)26-14-13-18-3-1-2-4-22(18)26/h1-12,25H,13-16H2. The maximum Gasteiger partial charge on any atom is 0.246 e. The predicted octanol–water partition coefficient (Wildman–Crippen LogP) is 4.92. The van der Waals surface area contributed by atoms with Gasteiger partial charge in [0.2, 0.25) is 5.91 Å². The fourth-order valence-corrected chi connectivity index (χ4v) is 3.41. The van der Waals surface area contributed by atoms with E-state index in [1.54, 1.807) is 0 Å². The summed E-state index contributed by atoms with van der Waals surface area (Å²) in [6, 6.07) is 23.3. The van der Waals surface area contributed by atoms with Crippen LogP contribution in [0.2, 0.25) is 5.02 Å². The molecule has 3 aromatic rings. The highest BCUT2D eigenvalue weighted by Gasteiger charge is 2.23. The van der Waals surface area contributed by atoms with Crippen molar-refractivity contribution in [3.8, 4) is 5.75 Å². The number of amides is 1. The normalized spacial score (nSPS) is 12.5. The lowest BCUT2D eigenvalue weighted by Gasteiger charge is -2.18. The Hall–Kier alpha value is -2.98. The molecule has 1 N–H and O–H groups in total. The minimum Gasteiger partial charge on any atom is -0.489 e. The maximum absolute atomic E-state index is 12.6. The highest BCUT2D eigenvalue weighted by atomic mass is 35.5. The van der Waals surface area contributed by atoms with Crippen molar-refractivity contribution in [1.82, 2.24) is 0 Å². The summed E-state index contributed by atoms with van der Waals surface area (Å²) in [6.45, 7) is 1.49. The molecule has 1 aliphatic rings. The van der Waals surface area contributed by atoms with Crippen LogP contribution in [0, 0.1) is 0 Å². The Bertz CT molecular complexity index is 955. The first kappa shape index (κ1) is 18.4. The van der Waals surface area contributed by atoms with E-state index in [-0.39, 0.29) is 12.5 Å². The highest BCUT2D eigenvalue weighted by molar-refractivity contribution is 6.30. The Labute approximate surface area is 169 Å². The molecule has 0 atom stereocenters. The van der Waals surface area contributed by atoms with Crippen molar-refractivity contribution in [1.29, 1.82) is 0 Å². The third kappa shape index (κ3) is 4.29. The molecular formula is C23H21ClN2O2. The fourth-order valence-electron chi connectivity index (χ4n) is 3.29. The zero-order chi connectivity index (χ0) is 19.3. The van der Waals surface area contributed by atoms with Crippen molar-refractivity contribution in [3.05, 3.63) is 88.9 Å². The molecule has 142 valence electrons. The molecule has 0 radical (unpaired) electrons. The van der Waals surface area contributed by atoms with E-state index in [4.69, 9.17) is 16.3 Å². The van der Waals surface area contributed by atoms with Crippen LogP contribution >= 0.6 is 11.6 Å². The van der Waals surface area contributed by atoms with Crippen molar-refractivity contribution in [2.75, 3.05) is 23.3 Å². The molecule has 28 heavy (non-hydrogen) atoms. The van der Waals surface area contributed by atoms with Crippen LogP contribution in [0.4, 0.5) is 11.4 Å². The Balaban J connectivity index is 1.29. The monoisotopic (exact) mass is 392 g/mol. The number of para-hydroxylation sites is 1. The average Bonchev–Trinajstić information content (AvgIpc) is 3.17. The summed E-state index contributed by atoms with van der Waals surface area (Å²) in [5, 5.41) is 3.91. The molecule has 4 rings (SSSR count). The average molecular weight is 393 g/mol. The first-order valence-corrected chi connectivity index (χ1v) is 9.66. The van der Waals surface area contributed by atoms with Gasteiger partial charge in [0, 0.05) is 22.9 Å². The zero-order valence-electron chi connectivity index (χ0n) is 15.4. The van der Waals surface area contributed by atoms with Gasteiger partial charge in [-0.2, -0.15) is 0 Å². The third-order valence-electron chi connectivity index (χ3n) is 4.81. The van der Waals surface area contributed by atoms with Gasteiger partial charge in [0.25, 0.3) is 0 Å². The Kier molecular flexibility index (Phi) is 5.49. The number of fused-ring (bicyclic) bond motifs is 1. The molecule has 3 aromatic carbocycles. The van der Waals surface area contributed by atoms with E-state index in [2.05, 4.69) is 11.4 Å². The van der Waals surface area contributed by atoms with E-state index in [1.807, 2.05) is 71.6 Å². The highest BCUT2D eigenvalue weighted by Crippen LogP contribution is 2.27. The number of rotatable bonds is 6. The molecule has 1 heterocycles. The molecule has 0 saturated heterocycles. The van der Waals surface area contributed by atoms with Crippen LogP contribution in [0.25, 0.3) is 0 Å². The number of halogens is 1. The number of carbonyl (C=O) groups excluding carboxylic acids is 1. The summed E-state index contributed by atoms with van der Waals surface area (Å²) in [7, 11) is 0. The number of hydrogen-bond acceptors (Lipinski definition) is 3. The summed E-state index contributed by atoms with van der Waals surface area (Å²) in [5.41, 5.74) is 4.21. The minimum absolute atomic E-state index is 0.0769. The summed E-state index contributed by atoms with van der Waals surface area (Å²) < 4.78 is 5.79. The van der Waals surface area contributed by atoms with E-state index >= 15 is 0 Å². The smallest absolute Gasteiger partial charge is 0.246 e. The van der Waals surface area contributed by atoms with Gasteiger partial charge in [0.1, 0.15) is 12.4 Å². The summed E-state index contributed by atoms with van der Waals surface area (Å²) in [6.07, 6.45) is 0.918. The van der Waals surface area contributed by atoms with Gasteiger partial charge >= 0.3 is 0 Å². The molecule has 0 fully saturated rings. The van der Waals surface area contributed by atoms with E-state index in [9.17, 15) is 4.79 Å². The second kappa shape index (κ2) is 8.36. The number of anilines is 2. The van der Waals surface area contributed by atoms with Crippen molar-refractivity contribution < 1.29 is 9.53 Å². The summed E-state index contributed by atoms with van der Waals surface area (Å²) in [4.78, 5) is 14.4. The van der Waals surface area contributed by atoms with E-state index in [0.717, 1.165) is 35.7 Å². The van der Waals surface area contributed by atoms with Crippen LogP contribution in [0.1, 0.15) is 11.1 Å². The van der Waals surface area contributed by atoms with Crippen LogP contribution in [-0.2, 0) is 17.8 Å². The van der Waals surface area contributed by atoms with Crippen LogP contribution in [-0.4, -0.2) is 19.0 Å². The van der Waals surface area contributed by atoms with Gasteiger partial charge < -0.3 is 15.0 Å². The van der Waals surface area contributed by atoms with Gasteiger partial charge in [-0.15, -0.1) is 0 Å². The Morgan fingerprint density at radius 2 is 1.75 bits per heavy atom. The fraction of sp³-hybridized carbons (Fsp3) is 0.174. The molecular weight excluding hydrogens is 372 g/mol. The SMILES string of the molecule is O=C(CNc1ccc(OCc2ccc(Cl)cc2)cc1)N1CCc2ccccc21. The number of benzene rings is 3. The molecule has 0 spiro atoms. The van der Waals surface area contributed by atoms with Crippen LogP contribution in [0.15, 0.2) is 72.8 Å². The van der Waals surface area contributed by atoms with E-state index < -0.39 is 0 Å². The Morgan fingerprint density at radius 1 is 1.00 bits per heavy atom. The molecule has 5 heteroatoms. The first-order valence-electron chi connectivity index (χ1n) is 9.28. The number of carbonyl (C=O) groups is 1. The van der Waals surface area contributed by atoms with Gasteiger partial charge in [0.15, 0.2) is 0 Å². The summed E-state index contributed by atoms with van der Waals surface area (Å²) >= 11 is 5.89. The topological polar surface area (TPSA) is 41.6 Å². The second-order valence-corrected chi connectivity index (χ2v) is 7.15. The third-order valence-corrected chi connectivity index (χ3v) is 5.06. The molecule has 0 aromatic heterocycles. The molecule has 1 amide bonds. The number of nitrogens with zero attached hydrogens (tertiary/aromatic N) is 1. The maximum atomic E-state index is 12.6. The number of nitrogens with one attached hydrogen (secondary N) is 1. The van der Waals surface area contributed by atoms with Crippen molar-refractivity contribution >= 4 is 28.9 Å². The van der Waals surface area contributed by atoms with Gasteiger partial charge in [-0.3, -0.25) is 4.79 Å². The van der Waals surface area contributed by atoms with E-state index in [0.29, 0.717) is 11.6 Å². The van der Waals surface area contributed by atoms with Crippen molar-refractivity contribution in [3.63, 3.8) is 0 Å². The van der Waals surface area contributed by atoms with Crippen molar-refractivity contribution in [2.24, 2.45) is 0 Å². The first-order chi connectivity index (χ1) is 13.7. The summed E-state index contributed by atoms with van der Waals surface area (Å²) in [5.74, 6) is 0.855. The van der Waals surface area contributed by atoms with Gasteiger partial charge in [-0.25, -0.2) is 0 Å². The number of hydrogen-bond donors (Lipinski definition) is 1. The molecule has 0 saturated carbocycles. The lowest BCUT2D eigenvalue weighted by molar-refractivity contribution is -0.116. The molecule has 1 aliphatic heterocycles. The minimum atomic E-state index is 0.0769. The molecule has 0 unspecified atom stereocenters.